The van der Waals surface area contributed by atoms with Crippen LogP contribution in [0.15, 0.2) is 115 Å². The monoisotopic (exact) mass is 624 g/mol. The van der Waals surface area contributed by atoms with Crippen molar-refractivity contribution < 1.29 is 23.5 Å². The van der Waals surface area contributed by atoms with Crippen LogP contribution < -0.4 is 9.47 Å². The number of halogens is 1. The fraction of sp³-hybridized carbons (Fsp3) is 0.150. The van der Waals surface area contributed by atoms with Crippen molar-refractivity contribution in [3.05, 3.63) is 154 Å². The van der Waals surface area contributed by atoms with E-state index in [1.54, 1.807) is 37.4 Å². The Morgan fingerprint density at radius 3 is 2.02 bits per heavy atom. The van der Waals surface area contributed by atoms with Gasteiger partial charge in [-0.1, -0.05) is 66.7 Å². The zero-order valence-electron chi connectivity index (χ0n) is 26.2. The van der Waals surface area contributed by atoms with Crippen LogP contribution in [-0.4, -0.2) is 34.9 Å². The molecule has 6 aromatic rings. The second-order valence-electron chi connectivity index (χ2n) is 11.8. The molecule has 7 rings (SSSR count). The molecular weight excluding hydrogens is 591 g/mol. The van der Waals surface area contributed by atoms with Crippen LogP contribution in [0.3, 0.4) is 0 Å². The maximum atomic E-state index is 16.5. The van der Waals surface area contributed by atoms with E-state index in [1.165, 1.54) is 4.90 Å². The summed E-state index contributed by atoms with van der Waals surface area (Å²) in [4.78, 5) is 26.9. The summed E-state index contributed by atoms with van der Waals surface area (Å²) >= 11 is 0. The van der Waals surface area contributed by atoms with Crippen molar-refractivity contribution in [1.82, 2.24) is 9.47 Å². The highest BCUT2D eigenvalue weighted by Gasteiger charge is 2.34. The quantitative estimate of drug-likeness (QED) is 0.144. The van der Waals surface area contributed by atoms with E-state index < -0.39 is 0 Å². The maximum Gasteiger partial charge on any atom is 0.261 e. The molecule has 5 aromatic carbocycles. The van der Waals surface area contributed by atoms with E-state index in [9.17, 15) is 9.59 Å². The molecule has 234 valence electrons. The third-order valence-corrected chi connectivity index (χ3v) is 8.78. The number of aromatic nitrogens is 1. The third kappa shape index (κ3) is 5.76. The molecule has 2 heterocycles. The van der Waals surface area contributed by atoms with Gasteiger partial charge >= 0.3 is 0 Å². The Kier molecular flexibility index (Phi) is 8.04. The highest BCUT2D eigenvalue weighted by Crippen LogP contribution is 2.37. The van der Waals surface area contributed by atoms with Crippen molar-refractivity contribution >= 4 is 22.7 Å². The predicted molar refractivity (Wildman–Crippen MR) is 180 cm³/mol. The molecule has 0 saturated carbocycles. The molecule has 0 N–H and O–H groups in total. The fourth-order valence-electron chi connectivity index (χ4n) is 6.26. The van der Waals surface area contributed by atoms with Gasteiger partial charge in [-0.15, -0.1) is 0 Å². The first-order chi connectivity index (χ1) is 22.9. The summed E-state index contributed by atoms with van der Waals surface area (Å²) < 4.78 is 30.0. The van der Waals surface area contributed by atoms with Crippen molar-refractivity contribution in [2.45, 2.75) is 26.5 Å². The molecule has 1 aliphatic heterocycles. The van der Waals surface area contributed by atoms with Crippen molar-refractivity contribution in [1.29, 1.82) is 0 Å². The van der Waals surface area contributed by atoms with Crippen molar-refractivity contribution in [3.63, 3.8) is 0 Å². The largest absolute Gasteiger partial charge is 0.497 e. The zero-order chi connectivity index (χ0) is 32.5. The summed E-state index contributed by atoms with van der Waals surface area (Å²) in [5.74, 6) is 0.494. The Labute approximate surface area is 272 Å². The minimum atomic E-state index is -0.309. The fourth-order valence-corrected chi connectivity index (χ4v) is 6.26. The highest BCUT2D eigenvalue weighted by molar-refractivity contribution is 6.21. The SMILES string of the molecule is COc1ccc(-c2c(F)c3cc(OCc4ccccc4)ccc3n2Cc2ccc(CCN3C(=O)c4ccccc4C3=O)cc2)c(C)c1. The summed E-state index contributed by atoms with van der Waals surface area (Å²) in [6.45, 7) is 3.08. The number of nitrogens with zero attached hydrogens (tertiary/aromatic N) is 2. The number of methoxy groups -OCH3 is 1. The van der Waals surface area contributed by atoms with Crippen LogP contribution >= 0.6 is 0 Å². The van der Waals surface area contributed by atoms with Crippen molar-refractivity contribution in [3.8, 4) is 22.8 Å². The summed E-state index contributed by atoms with van der Waals surface area (Å²) in [6.07, 6.45) is 0.537. The van der Waals surface area contributed by atoms with Crippen LogP contribution in [0.25, 0.3) is 22.2 Å². The highest BCUT2D eigenvalue weighted by atomic mass is 19.1. The average Bonchev–Trinajstić information content (AvgIpc) is 3.51. The normalized spacial score (nSPS) is 12.5. The van der Waals surface area contributed by atoms with Gasteiger partial charge < -0.3 is 14.0 Å². The lowest BCUT2D eigenvalue weighted by Gasteiger charge is -2.15. The summed E-state index contributed by atoms with van der Waals surface area (Å²) in [5.41, 5.74) is 6.87. The molecule has 47 heavy (non-hydrogen) atoms. The molecular formula is C40H33FN2O4. The van der Waals surface area contributed by atoms with Gasteiger partial charge in [0.15, 0.2) is 5.82 Å². The number of ether oxygens (including phenoxy) is 2. The smallest absolute Gasteiger partial charge is 0.261 e. The van der Waals surface area contributed by atoms with Crippen LogP contribution in [0.5, 0.6) is 11.5 Å². The Balaban J connectivity index is 1.16. The number of carbonyl (C=O) groups is 2. The number of hydrogen-bond acceptors (Lipinski definition) is 4. The minimum absolute atomic E-state index is 0.251. The van der Waals surface area contributed by atoms with E-state index in [1.807, 2.05) is 96.4 Å². The number of benzene rings is 5. The molecule has 0 fully saturated rings. The second-order valence-corrected chi connectivity index (χ2v) is 11.8. The molecule has 0 radical (unpaired) electrons. The first-order valence-electron chi connectivity index (χ1n) is 15.6. The van der Waals surface area contributed by atoms with E-state index in [2.05, 4.69) is 0 Å². The predicted octanol–water partition coefficient (Wildman–Crippen LogP) is 8.23. The zero-order valence-corrected chi connectivity index (χ0v) is 26.2. The first kappa shape index (κ1) is 30.0. The van der Waals surface area contributed by atoms with Crippen LogP contribution in [0.4, 0.5) is 4.39 Å². The van der Waals surface area contributed by atoms with Gasteiger partial charge in [0.2, 0.25) is 0 Å². The maximum absolute atomic E-state index is 16.5. The molecule has 1 aromatic heterocycles. The molecule has 0 aliphatic carbocycles. The van der Waals surface area contributed by atoms with Crippen molar-refractivity contribution in [2.24, 2.45) is 0 Å². The second kappa shape index (κ2) is 12.6. The number of amides is 2. The van der Waals surface area contributed by atoms with E-state index in [4.69, 9.17) is 9.47 Å². The number of rotatable bonds is 10. The van der Waals surface area contributed by atoms with Gasteiger partial charge in [0, 0.05) is 24.0 Å². The third-order valence-electron chi connectivity index (χ3n) is 8.78. The summed E-state index contributed by atoms with van der Waals surface area (Å²) in [5, 5.41) is 0.485. The van der Waals surface area contributed by atoms with Gasteiger partial charge in [-0.25, -0.2) is 4.39 Å². The van der Waals surface area contributed by atoms with Gasteiger partial charge in [0.1, 0.15) is 18.1 Å². The lowest BCUT2D eigenvalue weighted by molar-refractivity contribution is 0.0656. The molecule has 1 aliphatic rings. The Hall–Kier alpha value is -5.69. The number of aryl methyl sites for hydroxylation is 1. The van der Waals surface area contributed by atoms with E-state index in [-0.39, 0.29) is 17.6 Å². The van der Waals surface area contributed by atoms with Crippen LogP contribution in [0.2, 0.25) is 0 Å². The van der Waals surface area contributed by atoms with Crippen molar-refractivity contribution in [2.75, 3.05) is 13.7 Å². The average molecular weight is 625 g/mol. The Morgan fingerprint density at radius 2 is 1.34 bits per heavy atom. The molecule has 0 unspecified atom stereocenters. The number of imide groups is 1. The summed E-state index contributed by atoms with van der Waals surface area (Å²) in [7, 11) is 1.62. The minimum Gasteiger partial charge on any atom is -0.497 e. The molecule has 7 heteroatoms. The standard InChI is InChI=1S/C40H33FN2O4/c1-26-22-30(46-2)16-18-32(26)38-37(41)35-23-31(47-25-29-8-4-3-5-9-29)17-19-36(35)43(38)24-28-14-12-27(13-15-28)20-21-42-39(44)33-10-6-7-11-34(33)40(42)45/h3-19,22-23H,20-21,24-25H2,1-2H3. The Bertz CT molecular complexity index is 2080. The van der Waals surface area contributed by atoms with Crippen LogP contribution in [0, 0.1) is 12.7 Å². The lowest BCUT2D eigenvalue weighted by Crippen LogP contribution is -2.31. The molecule has 2 amide bonds. The number of carbonyl (C=O) groups excluding carboxylic acids is 2. The molecule has 0 spiro atoms. The number of fused-ring (bicyclic) bond motifs is 2. The van der Waals surface area contributed by atoms with E-state index in [0.717, 1.165) is 33.3 Å². The van der Waals surface area contributed by atoms with Gasteiger partial charge in [0.05, 0.1) is 29.4 Å². The lowest BCUT2D eigenvalue weighted by atomic mass is 10.0. The Morgan fingerprint density at radius 1 is 0.681 bits per heavy atom. The van der Waals surface area contributed by atoms with Gasteiger partial charge in [0.25, 0.3) is 11.8 Å². The van der Waals surface area contributed by atoms with E-state index >= 15 is 4.39 Å². The topological polar surface area (TPSA) is 60.8 Å². The first-order valence-corrected chi connectivity index (χ1v) is 15.6. The molecule has 0 atom stereocenters. The summed E-state index contributed by atoms with van der Waals surface area (Å²) in [6, 6.07) is 36.1. The van der Waals surface area contributed by atoms with Crippen LogP contribution in [-0.2, 0) is 19.6 Å². The van der Waals surface area contributed by atoms with E-state index in [0.29, 0.717) is 59.8 Å². The number of hydrogen-bond donors (Lipinski definition) is 0. The van der Waals surface area contributed by atoms with Gasteiger partial charge in [-0.3, -0.25) is 14.5 Å². The van der Waals surface area contributed by atoms with Gasteiger partial charge in [-0.05, 0) is 84.1 Å². The molecule has 0 saturated heterocycles. The molecule has 6 nitrogen and oxygen atoms in total. The van der Waals surface area contributed by atoms with Gasteiger partial charge in [-0.2, -0.15) is 0 Å². The van der Waals surface area contributed by atoms with Crippen LogP contribution in [0.1, 0.15) is 43.0 Å². The molecule has 0 bridgehead atoms.